The van der Waals surface area contributed by atoms with E-state index in [1.807, 2.05) is 13.8 Å². The van der Waals surface area contributed by atoms with Gasteiger partial charge >= 0.3 is 0 Å². The molecule has 2 unspecified atom stereocenters. The number of carbonyl (C=O) groups is 1. The lowest BCUT2D eigenvalue weighted by Gasteiger charge is -2.39. The Morgan fingerprint density at radius 2 is 1.64 bits per heavy atom. The van der Waals surface area contributed by atoms with Crippen molar-refractivity contribution in [3.05, 3.63) is 0 Å². The van der Waals surface area contributed by atoms with Gasteiger partial charge in [0, 0.05) is 5.92 Å². The van der Waals surface area contributed by atoms with Crippen LogP contribution >= 0.6 is 0 Å². The fraction of sp³-hybridized carbons (Fsp3) is 0.909. The molecule has 3 heteroatoms. The van der Waals surface area contributed by atoms with Gasteiger partial charge < -0.3 is 9.22 Å². The monoisotopic (exact) mass is 216 g/mol. The first-order valence-electron chi connectivity index (χ1n) is 5.25. The zero-order chi connectivity index (χ0) is 11.6. The molecule has 0 aromatic rings. The van der Waals surface area contributed by atoms with Crippen LogP contribution in [0.4, 0.5) is 0 Å². The molecule has 0 rings (SSSR count). The summed E-state index contributed by atoms with van der Waals surface area (Å²) in [6.07, 6.45) is 1.01. The highest BCUT2D eigenvalue weighted by atomic mass is 28.4. The maximum atomic E-state index is 10.6. The van der Waals surface area contributed by atoms with Crippen LogP contribution in [-0.4, -0.2) is 20.7 Å². The van der Waals surface area contributed by atoms with Crippen LogP contribution in [0.25, 0.3) is 0 Å². The van der Waals surface area contributed by atoms with Gasteiger partial charge in [0.15, 0.2) is 8.32 Å². The van der Waals surface area contributed by atoms with Gasteiger partial charge in [-0.15, -0.1) is 0 Å². The van der Waals surface area contributed by atoms with E-state index in [-0.39, 0.29) is 17.1 Å². The standard InChI is InChI=1S/C11H24O2Si/c1-9(8-12)10(2)13-14(6,7)11(3,4)5/h8-10H,1-7H3. The highest BCUT2D eigenvalue weighted by Gasteiger charge is 2.39. The van der Waals surface area contributed by atoms with Gasteiger partial charge in [0.1, 0.15) is 6.29 Å². The molecule has 2 atom stereocenters. The molecule has 84 valence electrons. The number of rotatable bonds is 4. The largest absolute Gasteiger partial charge is 0.414 e. The van der Waals surface area contributed by atoms with Crippen LogP contribution in [0.1, 0.15) is 34.6 Å². The van der Waals surface area contributed by atoms with E-state index in [1.54, 1.807) is 0 Å². The summed E-state index contributed by atoms with van der Waals surface area (Å²) in [6, 6.07) is 0. The average molecular weight is 216 g/mol. The molecule has 0 spiro atoms. The van der Waals surface area contributed by atoms with Crippen LogP contribution in [0.3, 0.4) is 0 Å². The second kappa shape index (κ2) is 4.58. The topological polar surface area (TPSA) is 26.3 Å². The van der Waals surface area contributed by atoms with E-state index in [0.717, 1.165) is 6.29 Å². The normalized spacial score (nSPS) is 17.6. The van der Waals surface area contributed by atoms with Crippen LogP contribution in [0.15, 0.2) is 0 Å². The zero-order valence-corrected chi connectivity index (χ0v) is 11.5. The molecule has 2 nitrogen and oxygen atoms in total. The smallest absolute Gasteiger partial charge is 0.192 e. The molecule has 0 radical (unpaired) electrons. The predicted molar refractivity (Wildman–Crippen MR) is 63.0 cm³/mol. The Balaban J connectivity index is 4.44. The zero-order valence-electron chi connectivity index (χ0n) is 10.5. The minimum Gasteiger partial charge on any atom is -0.414 e. The Hall–Kier alpha value is -0.153. The first kappa shape index (κ1) is 13.8. The van der Waals surface area contributed by atoms with E-state index in [1.165, 1.54) is 0 Å². The molecular formula is C11H24O2Si. The summed E-state index contributed by atoms with van der Waals surface area (Å²) in [7, 11) is -1.71. The molecule has 0 amide bonds. The molecule has 0 N–H and O–H groups in total. The van der Waals surface area contributed by atoms with E-state index in [9.17, 15) is 4.79 Å². The summed E-state index contributed by atoms with van der Waals surface area (Å²) < 4.78 is 6.06. The third kappa shape index (κ3) is 3.54. The molecule has 0 heterocycles. The highest BCUT2D eigenvalue weighted by molar-refractivity contribution is 6.74. The number of aldehydes is 1. The molecule has 0 aromatic heterocycles. The van der Waals surface area contributed by atoms with Gasteiger partial charge in [0.25, 0.3) is 0 Å². The van der Waals surface area contributed by atoms with Gasteiger partial charge in [-0.3, -0.25) is 0 Å². The Bertz CT molecular complexity index is 194. The summed E-state index contributed by atoms with van der Waals surface area (Å²) in [5, 5.41) is 0.212. The fourth-order valence-electron chi connectivity index (χ4n) is 0.859. The van der Waals surface area contributed by atoms with Crippen LogP contribution < -0.4 is 0 Å². The molecule has 0 saturated heterocycles. The number of hydrogen-bond donors (Lipinski definition) is 0. The van der Waals surface area contributed by atoms with Gasteiger partial charge in [-0.25, -0.2) is 0 Å². The Morgan fingerprint density at radius 1 is 1.21 bits per heavy atom. The van der Waals surface area contributed by atoms with Gasteiger partial charge in [0.2, 0.25) is 0 Å². The third-order valence-corrected chi connectivity index (χ3v) is 7.82. The van der Waals surface area contributed by atoms with E-state index < -0.39 is 8.32 Å². The maximum absolute atomic E-state index is 10.6. The van der Waals surface area contributed by atoms with Crippen molar-refractivity contribution >= 4 is 14.6 Å². The minimum absolute atomic E-state index is 0.0101. The molecule has 0 aliphatic rings. The molecular weight excluding hydrogens is 192 g/mol. The number of hydrogen-bond acceptors (Lipinski definition) is 2. The van der Waals surface area contributed by atoms with Crippen molar-refractivity contribution in [2.45, 2.75) is 58.9 Å². The molecule has 0 fully saturated rings. The molecule has 0 aliphatic carbocycles. The van der Waals surface area contributed by atoms with Gasteiger partial charge in [0.05, 0.1) is 6.10 Å². The summed E-state index contributed by atoms with van der Waals surface area (Å²) in [5.74, 6) is -0.0101. The first-order valence-corrected chi connectivity index (χ1v) is 8.16. The van der Waals surface area contributed by atoms with Crippen molar-refractivity contribution in [2.75, 3.05) is 0 Å². The SMILES string of the molecule is CC(C=O)C(C)O[Si](C)(C)C(C)(C)C. The summed E-state index contributed by atoms with van der Waals surface area (Å²) in [6.45, 7) is 14.9. The van der Waals surface area contributed by atoms with E-state index in [0.29, 0.717) is 0 Å². The summed E-state index contributed by atoms with van der Waals surface area (Å²) >= 11 is 0. The minimum atomic E-state index is -1.71. The summed E-state index contributed by atoms with van der Waals surface area (Å²) in [5.41, 5.74) is 0. The van der Waals surface area contributed by atoms with Crippen molar-refractivity contribution in [1.29, 1.82) is 0 Å². The second-order valence-electron chi connectivity index (χ2n) is 5.58. The van der Waals surface area contributed by atoms with Gasteiger partial charge in [-0.05, 0) is 25.1 Å². The molecule has 0 bridgehead atoms. The first-order chi connectivity index (χ1) is 6.12. The maximum Gasteiger partial charge on any atom is 0.192 e. The summed E-state index contributed by atoms with van der Waals surface area (Å²) in [4.78, 5) is 10.6. The lowest BCUT2D eigenvalue weighted by atomic mass is 10.1. The molecule has 14 heavy (non-hydrogen) atoms. The molecule has 0 aliphatic heterocycles. The predicted octanol–water partition coefficient (Wildman–Crippen LogP) is 3.23. The number of carbonyl (C=O) groups excluding carboxylic acids is 1. The van der Waals surface area contributed by atoms with E-state index >= 15 is 0 Å². The molecule has 0 saturated carbocycles. The van der Waals surface area contributed by atoms with Gasteiger partial charge in [-0.2, -0.15) is 0 Å². The van der Waals surface area contributed by atoms with E-state index in [4.69, 9.17) is 4.43 Å². The second-order valence-corrected chi connectivity index (χ2v) is 10.3. The van der Waals surface area contributed by atoms with E-state index in [2.05, 4.69) is 33.9 Å². The Labute approximate surface area is 89.2 Å². The van der Waals surface area contributed by atoms with Crippen molar-refractivity contribution in [3.8, 4) is 0 Å². The van der Waals surface area contributed by atoms with Crippen molar-refractivity contribution in [2.24, 2.45) is 5.92 Å². The third-order valence-electron chi connectivity index (χ3n) is 3.24. The lowest BCUT2D eigenvalue weighted by molar-refractivity contribution is -0.112. The van der Waals surface area contributed by atoms with Crippen LogP contribution in [0, 0.1) is 5.92 Å². The van der Waals surface area contributed by atoms with Crippen LogP contribution in [-0.2, 0) is 9.22 Å². The Morgan fingerprint density at radius 3 is 1.93 bits per heavy atom. The van der Waals surface area contributed by atoms with Gasteiger partial charge in [-0.1, -0.05) is 27.7 Å². The van der Waals surface area contributed by atoms with Crippen molar-refractivity contribution < 1.29 is 9.22 Å². The molecule has 0 aromatic carbocycles. The average Bonchev–Trinajstić information content (AvgIpc) is 2.00. The fourth-order valence-corrected chi connectivity index (χ4v) is 2.36. The lowest BCUT2D eigenvalue weighted by Crippen LogP contribution is -2.44. The highest BCUT2D eigenvalue weighted by Crippen LogP contribution is 2.37. The Kier molecular flexibility index (Phi) is 4.53. The van der Waals surface area contributed by atoms with Crippen LogP contribution in [0.5, 0.6) is 0 Å². The van der Waals surface area contributed by atoms with Crippen LogP contribution in [0.2, 0.25) is 18.1 Å². The van der Waals surface area contributed by atoms with Crippen molar-refractivity contribution in [1.82, 2.24) is 0 Å². The van der Waals surface area contributed by atoms with Crippen molar-refractivity contribution in [3.63, 3.8) is 0 Å². The quantitative estimate of drug-likeness (QED) is 0.533.